The van der Waals surface area contributed by atoms with E-state index in [1.54, 1.807) is 12.1 Å². The van der Waals surface area contributed by atoms with E-state index in [0.29, 0.717) is 11.5 Å². The fraction of sp³-hybridized carbons (Fsp3) is 0.235. The summed E-state index contributed by atoms with van der Waals surface area (Å²) in [5.74, 6) is 0.0854. The summed E-state index contributed by atoms with van der Waals surface area (Å²) in [5, 5.41) is 0. The third-order valence-corrected chi connectivity index (χ3v) is 5.43. The van der Waals surface area contributed by atoms with E-state index < -0.39 is 16.0 Å². The molecule has 0 unspecified atom stereocenters. The molecule has 0 saturated carbocycles. The number of anilines is 1. The molecule has 0 atom stereocenters. The summed E-state index contributed by atoms with van der Waals surface area (Å²) >= 11 is 0. The Morgan fingerprint density at radius 3 is 2.20 bits per heavy atom. The van der Waals surface area contributed by atoms with Gasteiger partial charge in [0.2, 0.25) is 0 Å². The lowest BCUT2D eigenvalue weighted by molar-refractivity contribution is 0.0601. The van der Waals surface area contributed by atoms with Crippen LogP contribution in [0.2, 0.25) is 0 Å². The van der Waals surface area contributed by atoms with Crippen molar-refractivity contribution in [3.8, 4) is 11.5 Å². The van der Waals surface area contributed by atoms with E-state index in [1.807, 2.05) is 0 Å². The van der Waals surface area contributed by atoms with Crippen LogP contribution in [0.4, 0.5) is 5.69 Å². The van der Waals surface area contributed by atoms with E-state index in [2.05, 4.69) is 0 Å². The Bertz CT molecular complexity index is 878. The van der Waals surface area contributed by atoms with Crippen molar-refractivity contribution in [2.45, 2.75) is 4.90 Å². The second kappa shape index (κ2) is 7.43. The molecular weight excluding hydrogens is 346 g/mol. The molecule has 0 fully saturated rings. The number of nitrogens with zero attached hydrogens (tertiary/aromatic N) is 1. The van der Waals surface area contributed by atoms with Crippen molar-refractivity contribution in [3.63, 3.8) is 0 Å². The number of rotatable bonds is 6. The van der Waals surface area contributed by atoms with Crippen LogP contribution in [0.3, 0.4) is 0 Å². The largest absolute Gasteiger partial charge is 0.493 e. The third kappa shape index (κ3) is 3.53. The van der Waals surface area contributed by atoms with Gasteiger partial charge in [0.1, 0.15) is 0 Å². The Kier molecular flexibility index (Phi) is 5.53. The average molecular weight is 365 g/mol. The molecule has 0 radical (unpaired) electrons. The molecule has 2 aromatic rings. The zero-order chi connectivity index (χ0) is 18.6. The first kappa shape index (κ1) is 18.6. The molecule has 0 aliphatic carbocycles. The van der Waals surface area contributed by atoms with Crippen molar-refractivity contribution in [2.24, 2.45) is 0 Å². The molecule has 0 saturated heterocycles. The van der Waals surface area contributed by atoms with Gasteiger partial charge >= 0.3 is 5.97 Å². The number of hydrogen-bond acceptors (Lipinski definition) is 6. The van der Waals surface area contributed by atoms with Crippen LogP contribution in [-0.2, 0) is 14.8 Å². The minimum absolute atomic E-state index is 0.00678. The first-order chi connectivity index (χ1) is 11.9. The molecule has 0 aliphatic heterocycles. The molecule has 0 spiro atoms. The summed E-state index contributed by atoms with van der Waals surface area (Å²) < 4.78 is 41.9. The standard InChI is InChI=1S/C17H19NO6S/c1-18(14-8-6-5-7-13(14)17(19)24-4)25(20,21)12-9-10-15(22-2)16(11-12)23-3/h5-11H,1-4H3. The lowest BCUT2D eigenvalue weighted by Crippen LogP contribution is -2.28. The van der Waals surface area contributed by atoms with E-state index in [0.717, 1.165) is 4.31 Å². The summed E-state index contributed by atoms with van der Waals surface area (Å²) in [5.41, 5.74) is 0.362. The molecule has 0 aromatic heterocycles. The molecule has 25 heavy (non-hydrogen) atoms. The monoisotopic (exact) mass is 365 g/mol. The van der Waals surface area contributed by atoms with Gasteiger partial charge in [0.15, 0.2) is 11.5 Å². The Labute approximate surface area is 146 Å². The molecule has 134 valence electrons. The Morgan fingerprint density at radius 1 is 0.960 bits per heavy atom. The van der Waals surface area contributed by atoms with E-state index in [-0.39, 0.29) is 16.1 Å². The highest BCUT2D eigenvalue weighted by Gasteiger charge is 2.26. The van der Waals surface area contributed by atoms with Gasteiger partial charge in [-0.2, -0.15) is 0 Å². The van der Waals surface area contributed by atoms with Gasteiger partial charge in [0, 0.05) is 13.1 Å². The molecule has 8 heteroatoms. The number of ether oxygens (including phenoxy) is 3. The van der Waals surface area contributed by atoms with Gasteiger partial charge in [-0.05, 0) is 24.3 Å². The number of hydrogen-bond donors (Lipinski definition) is 0. The molecule has 2 aromatic carbocycles. The minimum atomic E-state index is -3.92. The van der Waals surface area contributed by atoms with Gasteiger partial charge in [-0.1, -0.05) is 12.1 Å². The topological polar surface area (TPSA) is 82.1 Å². The Balaban J connectivity index is 2.52. The second-order valence-electron chi connectivity index (χ2n) is 5.00. The quantitative estimate of drug-likeness (QED) is 0.731. The van der Waals surface area contributed by atoms with Crippen LogP contribution in [0.15, 0.2) is 47.4 Å². The molecule has 0 N–H and O–H groups in total. The van der Waals surface area contributed by atoms with Crippen LogP contribution in [0, 0.1) is 0 Å². The number of benzene rings is 2. The Morgan fingerprint density at radius 2 is 1.60 bits per heavy atom. The zero-order valence-corrected chi connectivity index (χ0v) is 15.2. The van der Waals surface area contributed by atoms with Crippen molar-refractivity contribution in [1.29, 1.82) is 0 Å². The van der Waals surface area contributed by atoms with Gasteiger partial charge in [-0.15, -0.1) is 0 Å². The fourth-order valence-corrected chi connectivity index (χ4v) is 3.53. The fourth-order valence-electron chi connectivity index (χ4n) is 2.30. The number of methoxy groups -OCH3 is 3. The molecule has 0 bridgehead atoms. The highest BCUT2D eigenvalue weighted by molar-refractivity contribution is 7.92. The second-order valence-corrected chi connectivity index (χ2v) is 6.97. The summed E-state index contributed by atoms with van der Waals surface area (Å²) in [4.78, 5) is 11.9. The SMILES string of the molecule is COC(=O)c1ccccc1N(C)S(=O)(=O)c1ccc(OC)c(OC)c1. The number of carbonyl (C=O) groups is 1. The average Bonchev–Trinajstić information content (AvgIpc) is 2.65. The number of esters is 1. The van der Waals surface area contributed by atoms with Gasteiger partial charge in [-0.3, -0.25) is 4.31 Å². The summed E-state index contributed by atoms with van der Waals surface area (Å²) in [7, 11) is 1.57. The van der Waals surface area contributed by atoms with Crippen LogP contribution in [0.5, 0.6) is 11.5 Å². The van der Waals surface area contributed by atoms with Crippen LogP contribution in [-0.4, -0.2) is 42.8 Å². The van der Waals surface area contributed by atoms with Crippen LogP contribution >= 0.6 is 0 Å². The van der Waals surface area contributed by atoms with Crippen LogP contribution in [0.25, 0.3) is 0 Å². The van der Waals surface area contributed by atoms with Gasteiger partial charge < -0.3 is 14.2 Å². The maximum Gasteiger partial charge on any atom is 0.340 e. The van der Waals surface area contributed by atoms with Crippen molar-refractivity contribution >= 4 is 21.7 Å². The molecular formula is C17H19NO6S. The molecule has 7 nitrogen and oxygen atoms in total. The van der Waals surface area contributed by atoms with Gasteiger partial charge in [0.25, 0.3) is 10.0 Å². The first-order valence-corrected chi connectivity index (χ1v) is 8.69. The maximum absolute atomic E-state index is 12.9. The predicted octanol–water partition coefficient (Wildman–Crippen LogP) is 2.32. The molecule has 0 amide bonds. The van der Waals surface area contributed by atoms with Crippen LogP contribution in [0.1, 0.15) is 10.4 Å². The van der Waals surface area contributed by atoms with E-state index >= 15 is 0 Å². The lowest BCUT2D eigenvalue weighted by atomic mass is 10.2. The number of para-hydroxylation sites is 1. The van der Waals surface area contributed by atoms with Crippen molar-refractivity contribution < 1.29 is 27.4 Å². The summed E-state index contributed by atoms with van der Waals surface area (Å²) in [6.45, 7) is 0. The first-order valence-electron chi connectivity index (χ1n) is 7.25. The van der Waals surface area contributed by atoms with E-state index in [4.69, 9.17) is 14.2 Å². The summed E-state index contributed by atoms with van der Waals surface area (Å²) in [6, 6.07) is 10.6. The smallest absolute Gasteiger partial charge is 0.340 e. The molecule has 0 heterocycles. The predicted molar refractivity (Wildman–Crippen MR) is 92.9 cm³/mol. The Hall–Kier alpha value is -2.74. The van der Waals surface area contributed by atoms with Crippen molar-refractivity contribution in [1.82, 2.24) is 0 Å². The van der Waals surface area contributed by atoms with Crippen molar-refractivity contribution in [3.05, 3.63) is 48.0 Å². The van der Waals surface area contributed by atoms with E-state index in [1.165, 1.54) is 58.7 Å². The zero-order valence-electron chi connectivity index (χ0n) is 14.3. The minimum Gasteiger partial charge on any atom is -0.493 e. The van der Waals surface area contributed by atoms with Crippen molar-refractivity contribution in [2.75, 3.05) is 32.7 Å². The highest BCUT2D eigenvalue weighted by Crippen LogP contribution is 2.32. The van der Waals surface area contributed by atoms with Gasteiger partial charge in [0.05, 0.1) is 37.5 Å². The number of carbonyl (C=O) groups excluding carboxylic acids is 1. The van der Waals surface area contributed by atoms with E-state index in [9.17, 15) is 13.2 Å². The molecule has 0 aliphatic rings. The lowest BCUT2D eigenvalue weighted by Gasteiger charge is -2.22. The summed E-state index contributed by atoms with van der Waals surface area (Å²) in [6.07, 6.45) is 0. The number of sulfonamides is 1. The normalized spacial score (nSPS) is 10.9. The maximum atomic E-state index is 12.9. The highest BCUT2D eigenvalue weighted by atomic mass is 32.2. The van der Waals surface area contributed by atoms with Crippen LogP contribution < -0.4 is 13.8 Å². The third-order valence-electron chi connectivity index (χ3n) is 3.66. The molecule has 2 rings (SSSR count). The van der Waals surface area contributed by atoms with Gasteiger partial charge in [-0.25, -0.2) is 13.2 Å².